The van der Waals surface area contributed by atoms with Gasteiger partial charge in [-0.1, -0.05) is 30.1 Å². The monoisotopic (exact) mass is 287 g/mol. The Bertz CT molecular complexity index is 432. The van der Waals surface area contributed by atoms with Gasteiger partial charge >= 0.3 is 0 Å². The van der Waals surface area contributed by atoms with Crippen LogP contribution in [-0.4, -0.2) is 14.2 Å². The van der Waals surface area contributed by atoms with Gasteiger partial charge in [-0.05, 0) is 43.4 Å². The fourth-order valence-corrected chi connectivity index (χ4v) is 3.05. The minimum atomic E-state index is 0.244. The summed E-state index contributed by atoms with van der Waals surface area (Å²) in [6.07, 6.45) is 2.64. The van der Waals surface area contributed by atoms with E-state index in [-0.39, 0.29) is 6.04 Å². The van der Waals surface area contributed by atoms with Gasteiger partial charge in [0.2, 0.25) is 0 Å². The predicted molar refractivity (Wildman–Crippen MR) is 76.7 cm³/mol. The Balaban J connectivity index is 2.32. The first kappa shape index (κ1) is 14.0. The molecule has 1 N–H and O–H groups in total. The predicted octanol–water partition coefficient (Wildman–Crippen LogP) is 4.31. The molecule has 1 aliphatic rings. The molecule has 1 fully saturated rings. The number of benzene rings is 1. The van der Waals surface area contributed by atoms with Crippen molar-refractivity contribution in [2.45, 2.75) is 25.8 Å². The Hall–Kier alpha value is -0.440. The molecule has 0 aliphatic heterocycles. The molecule has 0 amide bonds. The molecule has 0 aromatic heterocycles. The molecule has 2 unspecified atom stereocenters. The average molecular weight is 288 g/mol. The topological polar surface area (TPSA) is 21.3 Å². The summed E-state index contributed by atoms with van der Waals surface area (Å²) in [6.45, 7) is 2.27. The summed E-state index contributed by atoms with van der Waals surface area (Å²) in [4.78, 5) is 0. The number of methoxy groups -OCH3 is 1. The normalized spacial score (nSPS) is 18.5. The molecule has 1 aromatic carbocycles. The van der Waals surface area contributed by atoms with Crippen LogP contribution in [0.2, 0.25) is 10.0 Å². The molecule has 4 heteroatoms. The van der Waals surface area contributed by atoms with Crippen LogP contribution in [-0.2, 0) is 0 Å². The molecule has 1 saturated carbocycles. The smallest absolute Gasteiger partial charge is 0.138 e. The minimum absolute atomic E-state index is 0.244. The maximum absolute atomic E-state index is 6.34. The summed E-state index contributed by atoms with van der Waals surface area (Å²) in [6, 6.07) is 3.96. The molecule has 2 rings (SSSR count). The molecule has 0 radical (unpaired) electrons. The molecular weight excluding hydrogens is 269 g/mol. The minimum Gasteiger partial charge on any atom is -0.495 e. The van der Waals surface area contributed by atoms with Crippen molar-refractivity contribution in [2.75, 3.05) is 14.2 Å². The number of halogens is 2. The lowest BCUT2D eigenvalue weighted by Gasteiger charge is -2.25. The van der Waals surface area contributed by atoms with E-state index in [1.165, 1.54) is 12.8 Å². The van der Waals surface area contributed by atoms with Gasteiger partial charge in [-0.15, -0.1) is 0 Å². The molecule has 2 nitrogen and oxygen atoms in total. The van der Waals surface area contributed by atoms with Crippen molar-refractivity contribution >= 4 is 23.2 Å². The molecule has 0 bridgehead atoms. The van der Waals surface area contributed by atoms with Crippen LogP contribution in [0.5, 0.6) is 5.75 Å². The van der Waals surface area contributed by atoms with Gasteiger partial charge in [0, 0.05) is 17.1 Å². The van der Waals surface area contributed by atoms with Crippen molar-refractivity contribution in [3.05, 3.63) is 27.7 Å². The van der Waals surface area contributed by atoms with Gasteiger partial charge < -0.3 is 10.1 Å². The van der Waals surface area contributed by atoms with E-state index in [1.54, 1.807) is 13.2 Å². The van der Waals surface area contributed by atoms with E-state index in [4.69, 9.17) is 27.9 Å². The summed E-state index contributed by atoms with van der Waals surface area (Å²) in [5, 5.41) is 4.68. The highest BCUT2D eigenvalue weighted by molar-refractivity contribution is 6.34. The summed E-state index contributed by atoms with van der Waals surface area (Å²) < 4.78 is 5.18. The lowest BCUT2D eigenvalue weighted by atomic mass is 9.90. The van der Waals surface area contributed by atoms with Gasteiger partial charge in [0.1, 0.15) is 5.75 Å². The lowest BCUT2D eigenvalue weighted by Crippen LogP contribution is -2.25. The van der Waals surface area contributed by atoms with Crippen molar-refractivity contribution in [2.24, 2.45) is 11.8 Å². The molecule has 1 aromatic rings. The zero-order valence-electron chi connectivity index (χ0n) is 11.0. The van der Waals surface area contributed by atoms with Crippen molar-refractivity contribution < 1.29 is 4.74 Å². The van der Waals surface area contributed by atoms with Crippen LogP contribution in [0.25, 0.3) is 0 Å². The maximum Gasteiger partial charge on any atom is 0.138 e. The van der Waals surface area contributed by atoms with Crippen LogP contribution >= 0.6 is 23.2 Å². The number of hydrogen-bond donors (Lipinski definition) is 1. The molecule has 1 aliphatic carbocycles. The second-order valence-corrected chi connectivity index (χ2v) is 5.79. The van der Waals surface area contributed by atoms with Crippen LogP contribution in [0, 0.1) is 11.8 Å². The summed E-state index contributed by atoms with van der Waals surface area (Å²) in [7, 11) is 3.57. The summed E-state index contributed by atoms with van der Waals surface area (Å²) in [5.41, 5.74) is 1.06. The van der Waals surface area contributed by atoms with Crippen LogP contribution < -0.4 is 10.1 Å². The van der Waals surface area contributed by atoms with Crippen LogP contribution in [0.15, 0.2) is 12.1 Å². The van der Waals surface area contributed by atoms with Gasteiger partial charge in [0.05, 0.1) is 12.1 Å². The largest absolute Gasteiger partial charge is 0.495 e. The lowest BCUT2D eigenvalue weighted by molar-refractivity contribution is 0.368. The van der Waals surface area contributed by atoms with E-state index < -0.39 is 0 Å². The number of rotatable bonds is 5. The Morgan fingerprint density at radius 1 is 1.28 bits per heavy atom. The standard InChI is InChI=1S/C14H19Cl2NO/c1-8(9-4-5-9)14(17-2)10-6-12(16)13(18-3)7-11(10)15/h6-9,14,17H,4-5H2,1-3H3. The highest BCUT2D eigenvalue weighted by Crippen LogP contribution is 2.45. The van der Waals surface area contributed by atoms with Gasteiger partial charge in [0.25, 0.3) is 0 Å². The first-order valence-corrected chi connectivity index (χ1v) is 7.04. The van der Waals surface area contributed by atoms with Crippen LogP contribution in [0.1, 0.15) is 31.4 Å². The molecule has 0 saturated heterocycles. The number of ether oxygens (including phenoxy) is 1. The van der Waals surface area contributed by atoms with E-state index in [0.29, 0.717) is 21.7 Å². The Morgan fingerprint density at radius 2 is 1.94 bits per heavy atom. The van der Waals surface area contributed by atoms with E-state index in [9.17, 15) is 0 Å². The molecule has 0 spiro atoms. The third-order valence-corrected chi connectivity index (χ3v) is 4.43. The van der Waals surface area contributed by atoms with Crippen molar-refractivity contribution in [3.63, 3.8) is 0 Å². The number of hydrogen-bond acceptors (Lipinski definition) is 2. The third-order valence-electron chi connectivity index (χ3n) is 3.81. The summed E-state index contributed by atoms with van der Waals surface area (Å²) >= 11 is 12.5. The molecule has 100 valence electrons. The van der Waals surface area contributed by atoms with Crippen molar-refractivity contribution in [1.29, 1.82) is 0 Å². The Kier molecular flexibility index (Phi) is 4.41. The van der Waals surface area contributed by atoms with Crippen LogP contribution in [0.4, 0.5) is 0 Å². The second kappa shape index (κ2) is 5.68. The fraction of sp³-hybridized carbons (Fsp3) is 0.571. The first-order chi connectivity index (χ1) is 8.58. The van der Waals surface area contributed by atoms with Gasteiger partial charge in [0.15, 0.2) is 0 Å². The highest BCUT2D eigenvalue weighted by atomic mass is 35.5. The van der Waals surface area contributed by atoms with Gasteiger partial charge in [-0.2, -0.15) is 0 Å². The number of nitrogens with one attached hydrogen (secondary N) is 1. The fourth-order valence-electron chi connectivity index (χ4n) is 2.53. The van der Waals surface area contributed by atoms with E-state index >= 15 is 0 Å². The summed E-state index contributed by atoms with van der Waals surface area (Å²) in [5.74, 6) is 2.00. The second-order valence-electron chi connectivity index (χ2n) is 4.97. The average Bonchev–Trinajstić information content (AvgIpc) is 3.17. The van der Waals surface area contributed by atoms with Crippen molar-refractivity contribution in [3.8, 4) is 5.75 Å². The highest BCUT2D eigenvalue weighted by Gasteiger charge is 2.34. The van der Waals surface area contributed by atoms with E-state index in [0.717, 1.165) is 11.5 Å². The van der Waals surface area contributed by atoms with Crippen molar-refractivity contribution in [1.82, 2.24) is 5.32 Å². The zero-order chi connectivity index (χ0) is 13.3. The molecule has 18 heavy (non-hydrogen) atoms. The Labute approximate surface area is 119 Å². The Morgan fingerprint density at radius 3 is 2.44 bits per heavy atom. The molecule has 2 atom stereocenters. The first-order valence-electron chi connectivity index (χ1n) is 6.28. The zero-order valence-corrected chi connectivity index (χ0v) is 12.5. The molecular formula is C14H19Cl2NO. The quantitative estimate of drug-likeness (QED) is 0.871. The van der Waals surface area contributed by atoms with E-state index in [2.05, 4.69) is 12.2 Å². The molecule has 0 heterocycles. The third kappa shape index (κ3) is 2.76. The van der Waals surface area contributed by atoms with E-state index in [1.807, 2.05) is 13.1 Å². The van der Waals surface area contributed by atoms with Gasteiger partial charge in [-0.25, -0.2) is 0 Å². The SMILES string of the molecule is CNC(c1cc(Cl)c(OC)cc1Cl)C(C)C1CC1. The maximum atomic E-state index is 6.34. The van der Waals surface area contributed by atoms with Crippen LogP contribution in [0.3, 0.4) is 0 Å². The van der Waals surface area contributed by atoms with Gasteiger partial charge in [-0.3, -0.25) is 0 Å².